The number of carbonyl (C=O) groups is 1. The van der Waals surface area contributed by atoms with Gasteiger partial charge in [0.1, 0.15) is 11.6 Å². The summed E-state index contributed by atoms with van der Waals surface area (Å²) in [6.07, 6.45) is 0. The van der Waals surface area contributed by atoms with Crippen molar-refractivity contribution in [3.8, 4) is 0 Å². The Morgan fingerprint density at radius 1 is 1.10 bits per heavy atom. The van der Waals surface area contributed by atoms with Gasteiger partial charge in [-0.2, -0.15) is 4.31 Å². The number of hydrogen-bond acceptors (Lipinski definition) is 5. The first-order valence-corrected chi connectivity index (χ1v) is 10.4. The summed E-state index contributed by atoms with van der Waals surface area (Å²) in [4.78, 5) is 13.3. The zero-order valence-electron chi connectivity index (χ0n) is 15.8. The first-order chi connectivity index (χ1) is 13.8. The minimum absolute atomic E-state index is 0.481. The van der Waals surface area contributed by atoms with Crippen LogP contribution in [0, 0.1) is 11.6 Å². The van der Waals surface area contributed by atoms with Crippen LogP contribution >= 0.6 is 0 Å². The molecule has 0 unspecified atom stereocenters. The van der Waals surface area contributed by atoms with Gasteiger partial charge in [-0.3, -0.25) is 4.79 Å². The van der Waals surface area contributed by atoms with E-state index in [1.807, 2.05) is 12.1 Å². The molecule has 29 heavy (non-hydrogen) atoms. The molecule has 156 valence electrons. The summed E-state index contributed by atoms with van der Waals surface area (Å²) < 4.78 is 58.4. The number of halogens is 2. The Hall–Kier alpha value is -2.56. The van der Waals surface area contributed by atoms with E-state index < -0.39 is 39.0 Å². The van der Waals surface area contributed by atoms with E-state index in [0.29, 0.717) is 23.2 Å². The normalized spacial score (nSPS) is 14.8. The van der Waals surface area contributed by atoms with Gasteiger partial charge in [0.05, 0.1) is 19.8 Å². The molecule has 0 aliphatic carbocycles. The second-order valence-electron chi connectivity index (χ2n) is 6.51. The van der Waals surface area contributed by atoms with Gasteiger partial charge in [0.15, 0.2) is 4.90 Å². The van der Waals surface area contributed by atoms with Gasteiger partial charge in [-0.1, -0.05) is 6.07 Å². The third-order valence-corrected chi connectivity index (χ3v) is 6.34. The fraction of sp³-hybridized carbons (Fsp3) is 0.316. The van der Waals surface area contributed by atoms with E-state index in [2.05, 4.69) is 10.2 Å². The number of nitrogens with zero attached hydrogens (tertiary/aromatic N) is 2. The molecular formula is C19H21F2N3O4S. The van der Waals surface area contributed by atoms with Crippen molar-refractivity contribution in [1.82, 2.24) is 4.31 Å². The third kappa shape index (κ3) is 4.89. The Morgan fingerprint density at radius 3 is 2.28 bits per heavy atom. The van der Waals surface area contributed by atoms with Gasteiger partial charge in [0, 0.05) is 31.5 Å². The van der Waals surface area contributed by atoms with Crippen LogP contribution in [0.4, 0.5) is 20.2 Å². The van der Waals surface area contributed by atoms with Gasteiger partial charge in [0.2, 0.25) is 15.9 Å². The maximum Gasteiger partial charge on any atom is 0.249 e. The monoisotopic (exact) mass is 425 g/mol. The molecule has 10 heteroatoms. The molecule has 2 aromatic carbocycles. The molecule has 1 heterocycles. The van der Waals surface area contributed by atoms with E-state index >= 15 is 0 Å². The van der Waals surface area contributed by atoms with Gasteiger partial charge < -0.3 is 15.0 Å². The molecule has 1 N–H and O–H groups in total. The molecule has 1 saturated heterocycles. The molecule has 7 nitrogen and oxygen atoms in total. The Morgan fingerprint density at radius 2 is 1.69 bits per heavy atom. The quantitative estimate of drug-likeness (QED) is 0.767. The lowest BCUT2D eigenvalue weighted by atomic mass is 10.2. The van der Waals surface area contributed by atoms with Crippen LogP contribution in [0.1, 0.15) is 0 Å². The van der Waals surface area contributed by atoms with Gasteiger partial charge in [-0.05, 0) is 36.4 Å². The predicted octanol–water partition coefficient (Wildman–Crippen LogP) is 2.06. The Balaban J connectivity index is 1.64. The van der Waals surface area contributed by atoms with E-state index in [1.54, 1.807) is 12.1 Å². The number of morpholine rings is 1. The molecule has 1 aliphatic heterocycles. The summed E-state index contributed by atoms with van der Waals surface area (Å²) >= 11 is 0. The molecule has 2 aromatic rings. The first-order valence-electron chi connectivity index (χ1n) is 8.92. The van der Waals surface area contributed by atoms with Crippen LogP contribution in [0.5, 0.6) is 0 Å². The Bertz CT molecular complexity index is 957. The summed E-state index contributed by atoms with van der Waals surface area (Å²) in [5, 5.41) is 2.58. The number of nitrogens with one attached hydrogen (secondary N) is 1. The van der Waals surface area contributed by atoms with Crippen molar-refractivity contribution in [3.05, 3.63) is 54.1 Å². The van der Waals surface area contributed by atoms with Crippen molar-refractivity contribution in [2.24, 2.45) is 0 Å². The number of anilines is 2. The van der Waals surface area contributed by atoms with E-state index in [1.165, 1.54) is 0 Å². The largest absolute Gasteiger partial charge is 0.378 e. The summed E-state index contributed by atoms with van der Waals surface area (Å²) in [5.74, 6) is -3.06. The molecule has 0 spiro atoms. The van der Waals surface area contributed by atoms with E-state index in [9.17, 15) is 22.0 Å². The fourth-order valence-corrected chi connectivity index (χ4v) is 4.18. The van der Waals surface area contributed by atoms with Crippen LogP contribution in [0.2, 0.25) is 0 Å². The molecule has 0 radical (unpaired) electrons. The number of amides is 1. The molecule has 1 aliphatic rings. The van der Waals surface area contributed by atoms with Crippen molar-refractivity contribution >= 4 is 27.3 Å². The number of benzene rings is 2. The lowest BCUT2D eigenvalue weighted by Crippen LogP contribution is -2.36. The van der Waals surface area contributed by atoms with Crippen LogP contribution in [0.15, 0.2) is 47.4 Å². The smallest absolute Gasteiger partial charge is 0.249 e. The zero-order valence-corrected chi connectivity index (χ0v) is 16.6. The number of carbonyl (C=O) groups excluding carboxylic acids is 1. The number of hydrogen-bond donors (Lipinski definition) is 1. The summed E-state index contributed by atoms with van der Waals surface area (Å²) in [5.41, 5.74) is 1.47. The summed E-state index contributed by atoms with van der Waals surface area (Å²) in [6.45, 7) is 2.27. The lowest BCUT2D eigenvalue weighted by molar-refractivity contribution is -0.116. The Kier molecular flexibility index (Phi) is 6.46. The third-order valence-electron chi connectivity index (χ3n) is 4.48. The van der Waals surface area contributed by atoms with E-state index in [0.717, 1.165) is 44.0 Å². The Labute approximate surface area is 167 Å². The minimum atomic E-state index is -4.50. The van der Waals surface area contributed by atoms with Crippen molar-refractivity contribution < 1.29 is 26.7 Å². The van der Waals surface area contributed by atoms with E-state index in [4.69, 9.17) is 4.74 Å². The van der Waals surface area contributed by atoms with E-state index in [-0.39, 0.29) is 0 Å². The van der Waals surface area contributed by atoms with Crippen molar-refractivity contribution in [2.45, 2.75) is 4.90 Å². The number of likely N-dealkylation sites (N-methyl/N-ethyl adjacent to an activating group) is 1. The maximum absolute atomic E-state index is 13.8. The predicted molar refractivity (Wildman–Crippen MR) is 104 cm³/mol. The second kappa shape index (κ2) is 8.85. The molecular weight excluding hydrogens is 404 g/mol. The van der Waals surface area contributed by atoms with Gasteiger partial charge in [-0.15, -0.1) is 0 Å². The highest BCUT2D eigenvalue weighted by Gasteiger charge is 2.29. The standard InChI is InChI=1S/C19H21F2N3O4S/c1-23(29(26,27)19-16(20)3-2-4-17(19)21)13-18(25)22-14-5-7-15(8-6-14)24-9-11-28-12-10-24/h2-8H,9-13H2,1H3,(H,22,25). The molecule has 0 saturated carbocycles. The lowest BCUT2D eigenvalue weighted by Gasteiger charge is -2.28. The second-order valence-corrected chi connectivity index (χ2v) is 8.49. The van der Waals surface area contributed by atoms with Gasteiger partial charge in [-0.25, -0.2) is 17.2 Å². The summed E-state index contributed by atoms with van der Waals surface area (Å²) in [7, 11) is -3.42. The van der Waals surface area contributed by atoms with Crippen LogP contribution < -0.4 is 10.2 Å². The molecule has 0 aromatic heterocycles. The highest BCUT2D eigenvalue weighted by molar-refractivity contribution is 7.89. The fourth-order valence-electron chi connectivity index (χ4n) is 2.95. The number of rotatable bonds is 6. The average Bonchev–Trinajstić information content (AvgIpc) is 2.69. The van der Waals surface area contributed by atoms with Crippen molar-refractivity contribution in [1.29, 1.82) is 0 Å². The minimum Gasteiger partial charge on any atom is -0.378 e. The van der Waals surface area contributed by atoms with Gasteiger partial charge >= 0.3 is 0 Å². The summed E-state index contributed by atoms with van der Waals surface area (Å²) in [6, 6.07) is 9.85. The highest BCUT2D eigenvalue weighted by Crippen LogP contribution is 2.22. The zero-order chi connectivity index (χ0) is 21.0. The number of ether oxygens (including phenoxy) is 1. The van der Waals surface area contributed by atoms with Crippen LogP contribution in [-0.2, 0) is 19.6 Å². The maximum atomic E-state index is 13.8. The molecule has 0 bridgehead atoms. The van der Waals surface area contributed by atoms with Crippen molar-refractivity contribution in [3.63, 3.8) is 0 Å². The first kappa shape index (κ1) is 21.2. The van der Waals surface area contributed by atoms with Crippen LogP contribution in [0.3, 0.4) is 0 Å². The van der Waals surface area contributed by atoms with Crippen molar-refractivity contribution in [2.75, 3.05) is 50.1 Å². The molecule has 3 rings (SSSR count). The topological polar surface area (TPSA) is 79.0 Å². The van der Waals surface area contributed by atoms with Gasteiger partial charge in [0.25, 0.3) is 0 Å². The highest BCUT2D eigenvalue weighted by atomic mass is 32.2. The number of sulfonamides is 1. The molecule has 0 atom stereocenters. The molecule has 1 amide bonds. The van der Waals surface area contributed by atoms with Crippen LogP contribution in [-0.4, -0.2) is 58.5 Å². The molecule has 1 fully saturated rings. The van der Waals surface area contributed by atoms with Crippen LogP contribution in [0.25, 0.3) is 0 Å². The SMILES string of the molecule is CN(CC(=O)Nc1ccc(N2CCOCC2)cc1)S(=O)(=O)c1c(F)cccc1F. The average molecular weight is 425 g/mol.